The Morgan fingerprint density at radius 2 is 1.83 bits per heavy atom. The number of aromatic nitrogens is 5. The van der Waals surface area contributed by atoms with Gasteiger partial charge < -0.3 is 4.90 Å². The van der Waals surface area contributed by atoms with E-state index in [1.165, 1.54) is 6.07 Å². The molecule has 0 aliphatic carbocycles. The smallest absolute Gasteiger partial charge is 0.144 e. The second-order valence-corrected chi connectivity index (χ2v) is 7.68. The Labute approximate surface area is 175 Å². The van der Waals surface area contributed by atoms with E-state index in [1.807, 2.05) is 30.3 Å². The van der Waals surface area contributed by atoms with E-state index in [1.54, 1.807) is 12.4 Å². The van der Waals surface area contributed by atoms with Gasteiger partial charge in [0.15, 0.2) is 0 Å². The Morgan fingerprint density at radius 3 is 2.77 bits per heavy atom. The van der Waals surface area contributed by atoms with E-state index in [2.05, 4.69) is 36.3 Å². The van der Waals surface area contributed by atoms with Crippen molar-refractivity contribution in [2.75, 3.05) is 11.4 Å². The fourth-order valence-electron chi connectivity index (χ4n) is 4.06. The molecule has 3 heterocycles. The first-order valence-electron chi connectivity index (χ1n) is 9.49. The molecule has 0 radical (unpaired) electrons. The fraction of sp³-hybridized carbons (Fsp3) is 0.0909. The van der Waals surface area contributed by atoms with Crippen LogP contribution in [0.1, 0.15) is 5.56 Å². The zero-order valence-corrected chi connectivity index (χ0v) is 16.4. The van der Waals surface area contributed by atoms with Gasteiger partial charge in [0.25, 0.3) is 0 Å². The van der Waals surface area contributed by atoms with Crippen LogP contribution < -0.4 is 4.90 Å². The maximum absolute atomic E-state index is 13.9. The van der Waals surface area contributed by atoms with E-state index >= 15 is 0 Å². The van der Waals surface area contributed by atoms with E-state index < -0.39 is 5.82 Å². The van der Waals surface area contributed by atoms with Crippen molar-refractivity contribution in [1.82, 2.24) is 25.4 Å². The van der Waals surface area contributed by atoms with Crippen molar-refractivity contribution in [3.05, 3.63) is 71.3 Å². The molecule has 0 atom stereocenters. The Morgan fingerprint density at radius 1 is 0.967 bits per heavy atom. The molecule has 3 aromatic carbocycles. The third kappa shape index (κ3) is 2.63. The van der Waals surface area contributed by atoms with Gasteiger partial charge in [0.1, 0.15) is 23.5 Å². The highest BCUT2D eigenvalue weighted by atomic mass is 35.5. The van der Waals surface area contributed by atoms with Crippen molar-refractivity contribution in [2.45, 2.75) is 6.42 Å². The highest BCUT2D eigenvalue weighted by Crippen LogP contribution is 2.39. The third-order valence-corrected chi connectivity index (χ3v) is 5.84. The third-order valence-electron chi connectivity index (χ3n) is 5.55. The maximum atomic E-state index is 13.9. The largest absolute Gasteiger partial charge is 0.325 e. The Hall–Kier alpha value is -3.58. The SMILES string of the molecule is Fc1cc2c(cc1Cl)N(c1ncnc3ccc(-c4ccc5[nH]nnc5c4)cc13)CC2. The van der Waals surface area contributed by atoms with Gasteiger partial charge in [-0.1, -0.05) is 28.9 Å². The number of rotatable bonds is 2. The summed E-state index contributed by atoms with van der Waals surface area (Å²) in [5.74, 6) is 0.390. The minimum Gasteiger partial charge on any atom is -0.325 e. The molecule has 0 fully saturated rings. The molecule has 8 heteroatoms. The number of fused-ring (bicyclic) bond motifs is 3. The van der Waals surface area contributed by atoms with Crippen LogP contribution in [0, 0.1) is 5.82 Å². The predicted octanol–water partition coefficient (Wildman–Crippen LogP) is 5.05. The highest BCUT2D eigenvalue weighted by molar-refractivity contribution is 6.31. The molecule has 6 rings (SSSR count). The number of nitrogens with zero attached hydrogens (tertiary/aromatic N) is 5. The van der Waals surface area contributed by atoms with E-state index in [4.69, 9.17) is 11.6 Å². The van der Waals surface area contributed by atoms with Gasteiger partial charge in [-0.15, -0.1) is 5.10 Å². The first kappa shape index (κ1) is 17.3. The van der Waals surface area contributed by atoms with Crippen LogP contribution in [0.3, 0.4) is 0 Å². The van der Waals surface area contributed by atoms with Crippen LogP contribution in [-0.2, 0) is 6.42 Å². The Balaban J connectivity index is 1.51. The number of benzene rings is 3. The molecule has 1 N–H and O–H groups in total. The lowest BCUT2D eigenvalue weighted by molar-refractivity contribution is 0.627. The molecule has 5 aromatic rings. The number of H-pyrrole nitrogens is 1. The summed E-state index contributed by atoms with van der Waals surface area (Å²) in [5, 5.41) is 11.9. The van der Waals surface area contributed by atoms with E-state index in [0.717, 1.165) is 56.6 Å². The molecule has 1 aliphatic rings. The quantitative estimate of drug-likeness (QED) is 0.435. The molecule has 146 valence electrons. The monoisotopic (exact) mass is 416 g/mol. The molecule has 30 heavy (non-hydrogen) atoms. The molecule has 0 spiro atoms. The van der Waals surface area contributed by atoms with Gasteiger partial charge in [-0.25, -0.2) is 14.4 Å². The zero-order chi connectivity index (χ0) is 20.2. The molecular weight excluding hydrogens is 403 g/mol. The minimum absolute atomic E-state index is 0.112. The van der Waals surface area contributed by atoms with Crippen LogP contribution in [0.5, 0.6) is 0 Å². The predicted molar refractivity (Wildman–Crippen MR) is 115 cm³/mol. The molecule has 0 saturated carbocycles. The number of nitrogens with one attached hydrogen (secondary N) is 1. The molecular formula is C22H14ClFN6. The average Bonchev–Trinajstić information content (AvgIpc) is 3.39. The summed E-state index contributed by atoms with van der Waals surface area (Å²) in [4.78, 5) is 11.1. The molecule has 0 unspecified atom stereocenters. The topological polar surface area (TPSA) is 70.6 Å². The van der Waals surface area contributed by atoms with Crippen molar-refractivity contribution in [1.29, 1.82) is 0 Å². The van der Waals surface area contributed by atoms with Gasteiger partial charge in [-0.2, -0.15) is 0 Å². The van der Waals surface area contributed by atoms with Gasteiger partial charge in [0, 0.05) is 17.6 Å². The normalized spacial score (nSPS) is 13.3. The van der Waals surface area contributed by atoms with Crippen molar-refractivity contribution in [2.24, 2.45) is 0 Å². The van der Waals surface area contributed by atoms with E-state index in [0.29, 0.717) is 6.54 Å². The summed E-state index contributed by atoms with van der Waals surface area (Å²) < 4.78 is 13.9. The lowest BCUT2D eigenvalue weighted by Gasteiger charge is -2.20. The van der Waals surface area contributed by atoms with Gasteiger partial charge >= 0.3 is 0 Å². The maximum Gasteiger partial charge on any atom is 0.144 e. The van der Waals surface area contributed by atoms with Crippen LogP contribution in [0.4, 0.5) is 15.9 Å². The Kier molecular flexibility index (Phi) is 3.73. The second kappa shape index (κ2) is 6.47. The van der Waals surface area contributed by atoms with Crippen LogP contribution >= 0.6 is 11.6 Å². The van der Waals surface area contributed by atoms with Crippen LogP contribution in [0.15, 0.2) is 54.9 Å². The summed E-state index contributed by atoms with van der Waals surface area (Å²) in [6.07, 6.45) is 2.29. The van der Waals surface area contributed by atoms with Crippen molar-refractivity contribution < 1.29 is 4.39 Å². The standard InChI is InChI=1S/C22H14ClFN6/c23-16-10-21-14(8-17(16)24)5-6-30(21)22-15-7-12(1-3-18(15)25-11-26-22)13-2-4-19-20(9-13)28-29-27-19/h1-4,7-11H,5-6H2,(H,27,28,29). The summed E-state index contributed by atoms with van der Waals surface area (Å²) in [7, 11) is 0. The summed E-state index contributed by atoms with van der Waals surface area (Å²) in [6, 6.07) is 15.3. The van der Waals surface area contributed by atoms with E-state index in [9.17, 15) is 4.39 Å². The second-order valence-electron chi connectivity index (χ2n) is 7.27. The Bertz CT molecular complexity index is 1450. The first-order chi connectivity index (χ1) is 14.7. The number of hydrogen-bond acceptors (Lipinski definition) is 5. The lowest BCUT2D eigenvalue weighted by atomic mass is 10.0. The number of anilines is 2. The minimum atomic E-state index is -0.393. The number of halogens is 2. The fourth-order valence-corrected chi connectivity index (χ4v) is 4.22. The molecule has 2 aromatic heterocycles. The lowest BCUT2D eigenvalue weighted by Crippen LogP contribution is -2.15. The van der Waals surface area contributed by atoms with Gasteiger partial charge in [0.05, 0.1) is 16.1 Å². The average molecular weight is 417 g/mol. The van der Waals surface area contributed by atoms with Crippen molar-refractivity contribution in [3.63, 3.8) is 0 Å². The van der Waals surface area contributed by atoms with Crippen LogP contribution in [0.2, 0.25) is 5.02 Å². The first-order valence-corrected chi connectivity index (χ1v) is 9.86. The van der Waals surface area contributed by atoms with Crippen molar-refractivity contribution >= 4 is 45.0 Å². The molecule has 0 amide bonds. The molecule has 0 saturated heterocycles. The van der Waals surface area contributed by atoms with Gasteiger partial charge in [-0.3, -0.25) is 5.10 Å². The number of hydrogen-bond donors (Lipinski definition) is 1. The summed E-state index contributed by atoms with van der Waals surface area (Å²) >= 11 is 6.06. The van der Waals surface area contributed by atoms with E-state index in [-0.39, 0.29) is 5.02 Å². The molecule has 6 nitrogen and oxygen atoms in total. The van der Waals surface area contributed by atoms with Crippen LogP contribution in [-0.4, -0.2) is 31.9 Å². The summed E-state index contributed by atoms with van der Waals surface area (Å²) in [6.45, 7) is 0.705. The molecule has 0 bridgehead atoms. The highest BCUT2D eigenvalue weighted by Gasteiger charge is 2.25. The number of aromatic amines is 1. The zero-order valence-electron chi connectivity index (χ0n) is 15.6. The van der Waals surface area contributed by atoms with Crippen LogP contribution in [0.25, 0.3) is 33.1 Å². The van der Waals surface area contributed by atoms with Crippen molar-refractivity contribution in [3.8, 4) is 11.1 Å². The molecule has 1 aliphatic heterocycles. The van der Waals surface area contributed by atoms with Gasteiger partial charge in [-0.05, 0) is 59.5 Å². The van der Waals surface area contributed by atoms with Gasteiger partial charge in [0.2, 0.25) is 0 Å². The summed E-state index contributed by atoms with van der Waals surface area (Å²) in [5.41, 5.74) is 6.41.